The third-order valence-electron chi connectivity index (χ3n) is 11.0. The molecule has 0 fully saturated rings. The fraction of sp³-hybridized carbons (Fsp3) is 0.650. The highest BCUT2D eigenvalue weighted by molar-refractivity contribution is 5.71. The van der Waals surface area contributed by atoms with Gasteiger partial charge in [0, 0.05) is 19.3 Å². The average molecular weight is 915 g/mol. The Morgan fingerprint density at radius 2 is 0.606 bits per heavy atom. The van der Waals surface area contributed by atoms with Crippen LogP contribution in [0.4, 0.5) is 0 Å². The van der Waals surface area contributed by atoms with Crippen molar-refractivity contribution in [1.82, 2.24) is 0 Å². The Kier molecular flexibility index (Phi) is 50.5. The zero-order valence-electron chi connectivity index (χ0n) is 42.7. The molecule has 0 radical (unpaired) electrons. The lowest BCUT2D eigenvalue weighted by atomic mass is 10.1. The van der Waals surface area contributed by atoms with Crippen molar-refractivity contribution in [2.75, 3.05) is 13.2 Å². The van der Waals surface area contributed by atoms with Gasteiger partial charge in [-0.3, -0.25) is 14.4 Å². The van der Waals surface area contributed by atoms with Crippen LogP contribution in [0.1, 0.15) is 233 Å². The number of hydrogen-bond acceptors (Lipinski definition) is 6. The number of carbonyl (C=O) groups is 3. The van der Waals surface area contributed by atoms with Gasteiger partial charge >= 0.3 is 17.9 Å². The second-order valence-corrected chi connectivity index (χ2v) is 17.4. The average Bonchev–Trinajstić information content (AvgIpc) is 3.31. The number of rotatable bonds is 47. The molecule has 0 aliphatic heterocycles. The lowest BCUT2D eigenvalue weighted by Crippen LogP contribution is -2.30. The highest BCUT2D eigenvalue weighted by atomic mass is 16.6. The van der Waals surface area contributed by atoms with Crippen molar-refractivity contribution in [2.24, 2.45) is 0 Å². The summed E-state index contributed by atoms with van der Waals surface area (Å²) in [6.45, 7) is 6.39. The molecule has 66 heavy (non-hydrogen) atoms. The number of hydrogen-bond donors (Lipinski definition) is 0. The van der Waals surface area contributed by atoms with Gasteiger partial charge in [0.15, 0.2) is 6.10 Å². The molecular formula is C60H98O6. The Morgan fingerprint density at radius 1 is 0.318 bits per heavy atom. The van der Waals surface area contributed by atoms with Gasteiger partial charge in [0.25, 0.3) is 0 Å². The molecule has 0 aromatic carbocycles. The number of allylic oxidation sites excluding steroid dienone is 18. The summed E-state index contributed by atoms with van der Waals surface area (Å²) in [7, 11) is 0. The Balaban J connectivity index is 4.50. The maximum Gasteiger partial charge on any atom is 0.306 e. The third kappa shape index (κ3) is 51.1. The number of esters is 3. The summed E-state index contributed by atoms with van der Waals surface area (Å²) in [6, 6.07) is 0. The minimum absolute atomic E-state index is 0.105. The lowest BCUT2D eigenvalue weighted by molar-refractivity contribution is -0.167. The molecule has 0 amide bonds. The van der Waals surface area contributed by atoms with Crippen molar-refractivity contribution in [3.05, 3.63) is 109 Å². The predicted octanol–water partition coefficient (Wildman–Crippen LogP) is 17.9. The van der Waals surface area contributed by atoms with Crippen molar-refractivity contribution >= 4 is 17.9 Å². The van der Waals surface area contributed by atoms with E-state index in [1.807, 2.05) is 0 Å². The normalized spacial score (nSPS) is 13.0. The summed E-state index contributed by atoms with van der Waals surface area (Å²) in [5.41, 5.74) is 0. The van der Waals surface area contributed by atoms with Crippen LogP contribution in [0.2, 0.25) is 0 Å². The Labute approximate surface area is 406 Å². The van der Waals surface area contributed by atoms with Crippen molar-refractivity contribution in [2.45, 2.75) is 239 Å². The first-order chi connectivity index (χ1) is 32.5. The van der Waals surface area contributed by atoms with E-state index in [0.717, 1.165) is 148 Å². The standard InChI is InChI=1S/C60H98O6/c1-4-7-10-13-16-19-22-25-28-29-30-31-33-35-38-41-44-47-50-53-59(62)65-56-57(55-64-58(61)52-49-46-43-40-37-34-27-24-21-18-15-12-9-6-3)66-60(63)54-51-48-45-42-39-36-32-26-23-20-17-14-11-8-5-2/h8,11,15-20,24-28,30-32,35,38,57H,4-7,9-10,12-14,21-23,29,33-34,36-37,39-56H2,1-3H3/b11-8+,18-15+,19-16+,20-17+,27-24+,28-25+,31-30+,32-26+,38-35+/t57-/m1/s1. The van der Waals surface area contributed by atoms with Gasteiger partial charge in [-0.1, -0.05) is 201 Å². The van der Waals surface area contributed by atoms with Crippen LogP contribution in [-0.4, -0.2) is 37.2 Å². The maximum atomic E-state index is 12.8. The van der Waals surface area contributed by atoms with Crippen molar-refractivity contribution in [3.8, 4) is 0 Å². The first-order valence-corrected chi connectivity index (χ1v) is 26.9. The lowest BCUT2D eigenvalue weighted by Gasteiger charge is -2.18. The number of unbranched alkanes of at least 4 members (excludes halogenated alkanes) is 18. The quantitative estimate of drug-likeness (QED) is 0.0262. The van der Waals surface area contributed by atoms with Gasteiger partial charge in [-0.05, 0) is 122 Å². The monoisotopic (exact) mass is 915 g/mol. The molecule has 0 saturated carbocycles. The summed E-state index contributed by atoms with van der Waals surface area (Å²) in [5.74, 6) is -0.970. The van der Waals surface area contributed by atoms with Gasteiger partial charge in [-0.2, -0.15) is 0 Å². The molecule has 0 saturated heterocycles. The minimum Gasteiger partial charge on any atom is -0.462 e. The molecule has 0 spiro atoms. The second kappa shape index (κ2) is 53.7. The Hall–Kier alpha value is -3.93. The van der Waals surface area contributed by atoms with Crippen LogP contribution in [0, 0.1) is 0 Å². The molecule has 6 heteroatoms. The van der Waals surface area contributed by atoms with Gasteiger partial charge in [-0.15, -0.1) is 0 Å². The molecule has 0 N–H and O–H groups in total. The van der Waals surface area contributed by atoms with Crippen molar-refractivity contribution in [1.29, 1.82) is 0 Å². The van der Waals surface area contributed by atoms with E-state index in [2.05, 4.69) is 130 Å². The summed E-state index contributed by atoms with van der Waals surface area (Å²) in [6.07, 6.45) is 72.1. The van der Waals surface area contributed by atoms with Gasteiger partial charge in [-0.25, -0.2) is 0 Å². The molecule has 0 rings (SSSR count). The van der Waals surface area contributed by atoms with Gasteiger partial charge < -0.3 is 14.2 Å². The molecule has 0 bridgehead atoms. The number of carbonyl (C=O) groups excluding carboxylic acids is 3. The summed E-state index contributed by atoms with van der Waals surface area (Å²) in [5, 5.41) is 0. The molecule has 374 valence electrons. The van der Waals surface area contributed by atoms with Crippen LogP contribution < -0.4 is 0 Å². The molecule has 6 nitrogen and oxygen atoms in total. The van der Waals surface area contributed by atoms with E-state index in [9.17, 15) is 14.4 Å². The molecule has 0 aromatic rings. The van der Waals surface area contributed by atoms with E-state index in [0.29, 0.717) is 19.3 Å². The topological polar surface area (TPSA) is 78.9 Å². The zero-order valence-corrected chi connectivity index (χ0v) is 42.7. The highest BCUT2D eigenvalue weighted by Gasteiger charge is 2.19. The van der Waals surface area contributed by atoms with E-state index >= 15 is 0 Å². The smallest absolute Gasteiger partial charge is 0.306 e. The van der Waals surface area contributed by atoms with Crippen molar-refractivity contribution in [3.63, 3.8) is 0 Å². The highest BCUT2D eigenvalue weighted by Crippen LogP contribution is 2.13. The molecule has 0 aliphatic carbocycles. The molecule has 0 unspecified atom stereocenters. The SMILES string of the molecule is CC/C=C/C/C=C/C/C=C/CCCCCCCC(=O)O[C@@H](COC(=O)CCCCC/C=C/C/C=C/C/C=C/C/C=C/CCCCC)COC(=O)CCCCCCC/C=C/C/C=C/CCCC. The fourth-order valence-electron chi connectivity index (χ4n) is 6.93. The Bertz CT molecular complexity index is 1370. The first kappa shape index (κ1) is 62.1. The van der Waals surface area contributed by atoms with Crippen LogP contribution in [0.15, 0.2) is 109 Å². The predicted molar refractivity (Wildman–Crippen MR) is 283 cm³/mol. The van der Waals surface area contributed by atoms with Crippen LogP contribution in [0.3, 0.4) is 0 Å². The van der Waals surface area contributed by atoms with E-state index in [1.165, 1.54) is 44.9 Å². The summed E-state index contributed by atoms with van der Waals surface area (Å²) < 4.78 is 16.8. The largest absolute Gasteiger partial charge is 0.462 e. The van der Waals surface area contributed by atoms with Gasteiger partial charge in [0.05, 0.1) is 0 Å². The van der Waals surface area contributed by atoms with E-state index in [1.54, 1.807) is 0 Å². The molecule has 1 atom stereocenters. The number of ether oxygens (including phenoxy) is 3. The molecule has 0 heterocycles. The van der Waals surface area contributed by atoms with Crippen LogP contribution >= 0.6 is 0 Å². The van der Waals surface area contributed by atoms with E-state index < -0.39 is 6.10 Å². The molecule has 0 aliphatic rings. The van der Waals surface area contributed by atoms with E-state index in [-0.39, 0.29) is 31.1 Å². The van der Waals surface area contributed by atoms with Crippen molar-refractivity contribution < 1.29 is 28.6 Å². The summed E-state index contributed by atoms with van der Waals surface area (Å²) >= 11 is 0. The zero-order chi connectivity index (χ0) is 47.9. The maximum absolute atomic E-state index is 12.8. The van der Waals surface area contributed by atoms with Gasteiger partial charge in [0.2, 0.25) is 0 Å². The van der Waals surface area contributed by atoms with E-state index in [4.69, 9.17) is 14.2 Å². The Morgan fingerprint density at radius 3 is 0.985 bits per heavy atom. The summed E-state index contributed by atoms with van der Waals surface area (Å²) in [4.78, 5) is 38.0. The third-order valence-corrected chi connectivity index (χ3v) is 11.0. The second-order valence-electron chi connectivity index (χ2n) is 17.4. The first-order valence-electron chi connectivity index (χ1n) is 26.9. The van der Waals surface area contributed by atoms with Crippen LogP contribution in [0.25, 0.3) is 0 Å². The molecular weight excluding hydrogens is 817 g/mol. The van der Waals surface area contributed by atoms with Crippen LogP contribution in [0.5, 0.6) is 0 Å². The van der Waals surface area contributed by atoms with Crippen LogP contribution in [-0.2, 0) is 28.6 Å². The minimum atomic E-state index is -0.808. The molecule has 0 aromatic heterocycles. The fourth-order valence-corrected chi connectivity index (χ4v) is 6.93. The van der Waals surface area contributed by atoms with Gasteiger partial charge in [0.1, 0.15) is 13.2 Å².